The van der Waals surface area contributed by atoms with Gasteiger partial charge in [0.05, 0.1) is 27.7 Å². The molecule has 0 fully saturated rings. The Morgan fingerprint density at radius 3 is 2.62 bits per heavy atom. The Morgan fingerprint density at radius 1 is 1.17 bits per heavy atom. The van der Waals surface area contributed by atoms with Gasteiger partial charge < -0.3 is 4.42 Å². The van der Waals surface area contributed by atoms with Gasteiger partial charge in [-0.05, 0) is 12.1 Å². The molecule has 0 aliphatic rings. The smallest absolute Gasteiger partial charge is 0.347 e. The number of para-hydroxylation sites is 1. The van der Waals surface area contributed by atoms with Crippen LogP contribution in [-0.4, -0.2) is 14.7 Å². The summed E-state index contributed by atoms with van der Waals surface area (Å²) < 4.78 is 6.77. The monoisotopic (exact) mass is 341 g/mol. The number of nitro groups is 1. The van der Waals surface area contributed by atoms with Crippen molar-refractivity contribution in [2.24, 2.45) is 0 Å². The third-order valence-electron chi connectivity index (χ3n) is 3.69. The van der Waals surface area contributed by atoms with E-state index < -0.39 is 10.5 Å². The Morgan fingerprint density at radius 2 is 1.92 bits per heavy atom. The van der Waals surface area contributed by atoms with E-state index in [2.05, 4.69) is 5.10 Å². The van der Waals surface area contributed by atoms with E-state index in [1.165, 1.54) is 18.3 Å². The molecule has 0 saturated heterocycles. The summed E-state index contributed by atoms with van der Waals surface area (Å²) in [5.74, 6) is 0. The normalized spacial score (nSPS) is 11.2. The standard InChI is InChI=1S/C16H8ClN3O4/c17-12-7-14-10(6-13(12)20(22)23)15-11(16(21)24-14)8-18-19(15)9-4-2-1-3-5-9/h1-8H. The van der Waals surface area contributed by atoms with Crippen molar-refractivity contribution >= 4 is 39.2 Å². The van der Waals surface area contributed by atoms with E-state index in [0.717, 1.165) is 5.69 Å². The number of halogens is 1. The van der Waals surface area contributed by atoms with Gasteiger partial charge in [0.15, 0.2) is 0 Å². The number of benzene rings is 2. The average molecular weight is 342 g/mol. The molecule has 0 unspecified atom stereocenters. The molecule has 0 saturated carbocycles. The van der Waals surface area contributed by atoms with Crippen LogP contribution < -0.4 is 5.63 Å². The second-order valence-electron chi connectivity index (χ2n) is 5.10. The fraction of sp³-hybridized carbons (Fsp3) is 0. The summed E-state index contributed by atoms with van der Waals surface area (Å²) in [7, 11) is 0. The van der Waals surface area contributed by atoms with Crippen LogP contribution in [0.2, 0.25) is 5.02 Å². The molecule has 2 heterocycles. The molecule has 0 N–H and O–H groups in total. The van der Waals surface area contributed by atoms with Crippen LogP contribution >= 0.6 is 11.6 Å². The lowest BCUT2D eigenvalue weighted by atomic mass is 10.1. The van der Waals surface area contributed by atoms with Gasteiger partial charge in [0.1, 0.15) is 16.0 Å². The Kier molecular flexibility index (Phi) is 3.10. The van der Waals surface area contributed by atoms with Gasteiger partial charge in [-0.1, -0.05) is 29.8 Å². The summed E-state index contributed by atoms with van der Waals surface area (Å²) in [6, 6.07) is 11.7. The molecular weight excluding hydrogens is 334 g/mol. The van der Waals surface area contributed by atoms with Crippen LogP contribution in [0.5, 0.6) is 0 Å². The average Bonchev–Trinajstić information content (AvgIpc) is 3.01. The van der Waals surface area contributed by atoms with Gasteiger partial charge in [-0.15, -0.1) is 0 Å². The minimum Gasteiger partial charge on any atom is -0.422 e. The highest BCUT2D eigenvalue weighted by atomic mass is 35.5. The Labute approximate surface area is 138 Å². The fourth-order valence-corrected chi connectivity index (χ4v) is 2.85. The van der Waals surface area contributed by atoms with Crippen LogP contribution in [0.15, 0.2) is 57.9 Å². The zero-order chi connectivity index (χ0) is 16.8. The second kappa shape index (κ2) is 5.17. The molecular formula is C16H8ClN3O4. The van der Waals surface area contributed by atoms with Crippen LogP contribution in [-0.2, 0) is 0 Å². The van der Waals surface area contributed by atoms with Crippen LogP contribution in [0, 0.1) is 10.1 Å². The van der Waals surface area contributed by atoms with Gasteiger partial charge in [0.2, 0.25) is 0 Å². The maximum Gasteiger partial charge on any atom is 0.347 e. The molecule has 24 heavy (non-hydrogen) atoms. The summed E-state index contributed by atoms with van der Waals surface area (Å²) >= 11 is 5.91. The molecule has 0 aliphatic carbocycles. The van der Waals surface area contributed by atoms with Crippen LogP contribution in [0.4, 0.5) is 5.69 Å². The number of fused-ring (bicyclic) bond motifs is 3. The number of rotatable bonds is 2. The third-order valence-corrected chi connectivity index (χ3v) is 4.00. The predicted molar refractivity (Wildman–Crippen MR) is 88.8 cm³/mol. The quantitative estimate of drug-likeness (QED) is 0.315. The molecule has 0 atom stereocenters. The summed E-state index contributed by atoms with van der Waals surface area (Å²) in [5, 5.41) is 15.9. The summed E-state index contributed by atoms with van der Waals surface area (Å²) in [5.41, 5.74) is 0.481. The molecule has 7 nitrogen and oxygen atoms in total. The van der Waals surface area contributed by atoms with Gasteiger partial charge >= 0.3 is 5.63 Å². The molecule has 118 valence electrons. The lowest BCUT2D eigenvalue weighted by Crippen LogP contribution is -2.02. The molecule has 0 bridgehead atoms. The van der Waals surface area contributed by atoms with Gasteiger partial charge in [-0.25, -0.2) is 9.48 Å². The molecule has 2 aromatic carbocycles. The van der Waals surface area contributed by atoms with Crippen molar-refractivity contribution in [2.75, 3.05) is 0 Å². The van der Waals surface area contributed by atoms with Crippen LogP contribution in [0.1, 0.15) is 0 Å². The molecule has 0 spiro atoms. The first-order valence-electron chi connectivity index (χ1n) is 6.90. The number of hydrogen-bond donors (Lipinski definition) is 0. The van der Waals surface area contributed by atoms with E-state index in [9.17, 15) is 14.9 Å². The van der Waals surface area contributed by atoms with Gasteiger partial charge in [0.25, 0.3) is 5.69 Å². The fourth-order valence-electron chi connectivity index (χ4n) is 2.63. The van der Waals surface area contributed by atoms with Crippen molar-refractivity contribution in [3.63, 3.8) is 0 Å². The van der Waals surface area contributed by atoms with Crippen molar-refractivity contribution in [1.29, 1.82) is 0 Å². The van der Waals surface area contributed by atoms with Crippen LogP contribution in [0.3, 0.4) is 0 Å². The Hall–Kier alpha value is -3.19. The zero-order valence-corrected chi connectivity index (χ0v) is 12.7. The molecule has 0 amide bonds. The van der Waals surface area contributed by atoms with E-state index in [0.29, 0.717) is 10.9 Å². The summed E-state index contributed by atoms with van der Waals surface area (Å²) in [6.45, 7) is 0. The first-order valence-corrected chi connectivity index (χ1v) is 7.28. The first kappa shape index (κ1) is 14.4. The highest BCUT2D eigenvalue weighted by Gasteiger charge is 2.20. The third kappa shape index (κ3) is 2.06. The lowest BCUT2D eigenvalue weighted by Gasteiger charge is -2.06. The molecule has 0 aliphatic heterocycles. The van der Waals surface area contributed by atoms with Crippen molar-refractivity contribution in [2.45, 2.75) is 0 Å². The number of nitro benzene ring substituents is 1. The Bertz CT molecular complexity index is 1160. The zero-order valence-electron chi connectivity index (χ0n) is 12.0. The Balaban J connectivity index is 2.19. The SMILES string of the molecule is O=c1oc2cc(Cl)c([N+](=O)[O-])cc2c2c1cnn2-c1ccccc1. The van der Waals surface area contributed by atoms with Crippen molar-refractivity contribution < 1.29 is 9.34 Å². The lowest BCUT2D eigenvalue weighted by molar-refractivity contribution is -0.384. The molecule has 4 rings (SSSR count). The first-order chi connectivity index (χ1) is 11.6. The minimum absolute atomic E-state index is 0.0965. The molecule has 2 aromatic heterocycles. The van der Waals surface area contributed by atoms with Crippen molar-refractivity contribution in [3.8, 4) is 5.69 Å². The number of aromatic nitrogens is 2. The summed E-state index contributed by atoms with van der Waals surface area (Å²) in [6.07, 6.45) is 1.38. The van der Waals surface area contributed by atoms with E-state index in [-0.39, 0.29) is 21.7 Å². The van der Waals surface area contributed by atoms with E-state index in [1.54, 1.807) is 4.68 Å². The highest BCUT2D eigenvalue weighted by Crippen LogP contribution is 2.33. The number of hydrogen-bond acceptors (Lipinski definition) is 5. The van der Waals surface area contributed by atoms with Gasteiger partial charge in [0, 0.05) is 12.1 Å². The summed E-state index contributed by atoms with van der Waals surface area (Å²) in [4.78, 5) is 22.8. The van der Waals surface area contributed by atoms with Gasteiger partial charge in [-0.3, -0.25) is 10.1 Å². The van der Waals surface area contributed by atoms with Crippen molar-refractivity contribution in [3.05, 3.63) is 74.2 Å². The van der Waals surface area contributed by atoms with Crippen molar-refractivity contribution in [1.82, 2.24) is 9.78 Å². The maximum atomic E-state index is 12.2. The highest BCUT2D eigenvalue weighted by molar-refractivity contribution is 6.33. The van der Waals surface area contributed by atoms with E-state index in [1.807, 2.05) is 30.3 Å². The van der Waals surface area contributed by atoms with E-state index in [4.69, 9.17) is 16.0 Å². The molecule has 4 aromatic rings. The predicted octanol–water partition coefficient (Wildman–Crippen LogP) is 3.69. The minimum atomic E-state index is -0.581. The molecule has 0 radical (unpaired) electrons. The van der Waals surface area contributed by atoms with E-state index >= 15 is 0 Å². The second-order valence-corrected chi connectivity index (χ2v) is 5.51. The topological polar surface area (TPSA) is 91.2 Å². The molecule has 8 heteroatoms. The largest absolute Gasteiger partial charge is 0.422 e. The van der Waals surface area contributed by atoms with Crippen LogP contribution in [0.25, 0.3) is 27.6 Å². The number of nitrogens with zero attached hydrogens (tertiary/aromatic N) is 3. The van der Waals surface area contributed by atoms with Gasteiger partial charge in [-0.2, -0.15) is 5.10 Å². The maximum absolute atomic E-state index is 12.2.